The quantitative estimate of drug-likeness (QED) is 0.142. The first-order chi connectivity index (χ1) is 13.0. The molecule has 0 aromatic carbocycles. The van der Waals surface area contributed by atoms with Crippen LogP contribution >= 0.6 is 0 Å². The van der Waals surface area contributed by atoms with E-state index in [0.717, 1.165) is 0 Å². The molecule has 12 heteroatoms. The fourth-order valence-electron chi connectivity index (χ4n) is 2.18. The topological polar surface area (TPSA) is 217 Å². The third-order valence-electron chi connectivity index (χ3n) is 3.88. The molecule has 0 heterocycles. The second-order valence-electron chi connectivity index (χ2n) is 6.45. The molecule has 0 aromatic heterocycles. The van der Waals surface area contributed by atoms with E-state index in [-0.39, 0.29) is 6.42 Å². The number of carboxylic acids is 1. The predicted octanol–water partition coefficient (Wildman–Crippen LogP) is -3.63. The van der Waals surface area contributed by atoms with Gasteiger partial charge in [0.05, 0.1) is 12.2 Å². The van der Waals surface area contributed by atoms with E-state index in [1.54, 1.807) is 0 Å². The Labute approximate surface area is 163 Å². The number of hydrogen-bond donors (Lipinski definition) is 8. The molecular weight excluding hydrogens is 374 g/mol. The van der Waals surface area contributed by atoms with E-state index >= 15 is 0 Å². The van der Waals surface area contributed by atoms with Gasteiger partial charge in [0.25, 0.3) is 0 Å². The molecule has 0 spiro atoms. The number of aliphatic carboxylic acids is 1. The smallest absolute Gasteiger partial charge is 0.322 e. The van der Waals surface area contributed by atoms with Crippen molar-refractivity contribution in [1.29, 1.82) is 0 Å². The van der Waals surface area contributed by atoms with Crippen molar-refractivity contribution in [1.82, 2.24) is 16.0 Å². The molecule has 0 aromatic rings. The normalized spacial score (nSPS) is 16.2. The molecule has 162 valence electrons. The summed E-state index contributed by atoms with van der Waals surface area (Å²) in [6, 6.07) is -3.76. The van der Waals surface area contributed by atoms with Gasteiger partial charge in [-0.1, -0.05) is 0 Å². The van der Waals surface area contributed by atoms with Crippen LogP contribution in [0.2, 0.25) is 0 Å². The van der Waals surface area contributed by atoms with Crippen LogP contribution in [0.5, 0.6) is 0 Å². The van der Waals surface area contributed by atoms with Crippen LogP contribution in [-0.2, 0) is 19.2 Å². The zero-order valence-corrected chi connectivity index (χ0v) is 16.1. The monoisotopic (exact) mass is 405 g/mol. The zero-order chi connectivity index (χ0) is 21.9. The molecule has 0 fully saturated rings. The lowest BCUT2D eigenvalue weighted by Crippen LogP contribution is -2.59. The molecule has 0 rings (SSSR count). The number of nitrogens with one attached hydrogen (secondary N) is 3. The van der Waals surface area contributed by atoms with Gasteiger partial charge in [-0.25, -0.2) is 0 Å². The lowest BCUT2D eigenvalue weighted by molar-refractivity contribution is -0.139. The molecule has 0 bridgehead atoms. The van der Waals surface area contributed by atoms with Crippen molar-refractivity contribution < 1.29 is 34.5 Å². The summed E-state index contributed by atoms with van der Waals surface area (Å²) in [6.45, 7) is 2.27. The average Bonchev–Trinajstić information content (AvgIpc) is 2.61. The Hall–Kier alpha value is -2.28. The van der Waals surface area contributed by atoms with Gasteiger partial charge in [-0.15, -0.1) is 0 Å². The van der Waals surface area contributed by atoms with Gasteiger partial charge in [-0.2, -0.15) is 0 Å². The van der Waals surface area contributed by atoms with Gasteiger partial charge in [0.2, 0.25) is 17.7 Å². The molecule has 3 amide bonds. The van der Waals surface area contributed by atoms with Crippen molar-refractivity contribution in [2.24, 2.45) is 11.5 Å². The van der Waals surface area contributed by atoms with Crippen molar-refractivity contribution in [3.05, 3.63) is 0 Å². The van der Waals surface area contributed by atoms with Crippen molar-refractivity contribution in [3.63, 3.8) is 0 Å². The molecule has 0 saturated carbocycles. The number of nitrogens with two attached hydrogens (primary N) is 2. The summed E-state index contributed by atoms with van der Waals surface area (Å²) in [5.41, 5.74) is 11.0. The Morgan fingerprint density at radius 3 is 2.00 bits per heavy atom. The van der Waals surface area contributed by atoms with Crippen LogP contribution in [0.15, 0.2) is 0 Å². The van der Waals surface area contributed by atoms with Crippen LogP contribution in [0, 0.1) is 0 Å². The Morgan fingerprint density at radius 2 is 1.54 bits per heavy atom. The fraction of sp³-hybridized carbons (Fsp3) is 0.750. The first-order valence-corrected chi connectivity index (χ1v) is 8.93. The molecule has 5 unspecified atom stereocenters. The van der Waals surface area contributed by atoms with Crippen molar-refractivity contribution in [3.8, 4) is 0 Å². The maximum Gasteiger partial charge on any atom is 0.322 e. The van der Waals surface area contributed by atoms with E-state index in [9.17, 15) is 29.4 Å². The maximum atomic E-state index is 12.6. The molecule has 28 heavy (non-hydrogen) atoms. The summed E-state index contributed by atoms with van der Waals surface area (Å²) in [5, 5.41) is 34.6. The zero-order valence-electron chi connectivity index (χ0n) is 16.1. The fourth-order valence-corrected chi connectivity index (χ4v) is 2.18. The molecule has 5 atom stereocenters. The molecule has 0 aliphatic rings. The summed E-state index contributed by atoms with van der Waals surface area (Å²) in [6.07, 6.45) is -1.20. The van der Waals surface area contributed by atoms with Crippen LogP contribution in [0.25, 0.3) is 0 Å². The Balaban J connectivity index is 5.17. The van der Waals surface area contributed by atoms with E-state index < -0.39 is 60.6 Å². The summed E-state index contributed by atoms with van der Waals surface area (Å²) >= 11 is 0. The Bertz CT molecular complexity index is 541. The van der Waals surface area contributed by atoms with Gasteiger partial charge in [-0.05, 0) is 39.7 Å². The van der Waals surface area contributed by atoms with Crippen LogP contribution in [0.4, 0.5) is 0 Å². The van der Waals surface area contributed by atoms with Gasteiger partial charge in [0, 0.05) is 0 Å². The maximum absolute atomic E-state index is 12.6. The minimum Gasteiger partial charge on any atom is -0.480 e. The number of amides is 3. The number of carbonyl (C=O) groups is 4. The number of carbonyl (C=O) groups excluding carboxylic acids is 3. The molecule has 0 radical (unpaired) electrons. The van der Waals surface area contributed by atoms with Crippen molar-refractivity contribution in [2.75, 3.05) is 13.1 Å². The van der Waals surface area contributed by atoms with Crippen LogP contribution in [0.3, 0.4) is 0 Å². The predicted molar refractivity (Wildman–Crippen MR) is 98.7 cm³/mol. The molecule has 0 aliphatic heterocycles. The summed E-state index contributed by atoms with van der Waals surface area (Å²) < 4.78 is 0. The summed E-state index contributed by atoms with van der Waals surface area (Å²) in [7, 11) is 0. The Kier molecular flexibility index (Phi) is 11.9. The van der Waals surface area contributed by atoms with Gasteiger partial charge in [-0.3, -0.25) is 19.2 Å². The van der Waals surface area contributed by atoms with Crippen LogP contribution in [-0.4, -0.2) is 82.4 Å². The van der Waals surface area contributed by atoms with Gasteiger partial charge in [0.15, 0.2) is 0 Å². The summed E-state index contributed by atoms with van der Waals surface area (Å²) in [5.74, 6) is -3.70. The summed E-state index contributed by atoms with van der Waals surface area (Å²) in [4.78, 5) is 47.2. The van der Waals surface area contributed by atoms with Crippen LogP contribution in [0.1, 0.15) is 33.1 Å². The SMILES string of the molecule is CC(O)C(N)C(=O)NC(CCCCN)C(=O)NC(C(=O)NCC(=O)O)C(C)O. The number of carboxylic acid groups (broad SMARTS) is 1. The first kappa shape index (κ1) is 25.7. The van der Waals surface area contributed by atoms with E-state index in [0.29, 0.717) is 19.4 Å². The van der Waals surface area contributed by atoms with Gasteiger partial charge in [0.1, 0.15) is 24.7 Å². The minimum absolute atomic E-state index is 0.185. The Morgan fingerprint density at radius 1 is 0.929 bits per heavy atom. The molecule has 0 aliphatic carbocycles. The van der Waals surface area contributed by atoms with Crippen molar-refractivity contribution in [2.45, 2.75) is 63.4 Å². The first-order valence-electron chi connectivity index (χ1n) is 8.93. The highest BCUT2D eigenvalue weighted by molar-refractivity contribution is 5.94. The molecular formula is C16H31N5O7. The lowest BCUT2D eigenvalue weighted by Gasteiger charge is -2.25. The van der Waals surface area contributed by atoms with E-state index in [4.69, 9.17) is 16.6 Å². The van der Waals surface area contributed by atoms with Gasteiger partial charge >= 0.3 is 5.97 Å². The van der Waals surface area contributed by atoms with Crippen LogP contribution < -0.4 is 27.4 Å². The highest BCUT2D eigenvalue weighted by atomic mass is 16.4. The van der Waals surface area contributed by atoms with Crippen molar-refractivity contribution >= 4 is 23.7 Å². The number of hydrogen-bond acceptors (Lipinski definition) is 8. The van der Waals surface area contributed by atoms with Gasteiger partial charge < -0.3 is 42.7 Å². The molecule has 12 nitrogen and oxygen atoms in total. The highest BCUT2D eigenvalue weighted by Gasteiger charge is 2.31. The largest absolute Gasteiger partial charge is 0.480 e. The lowest BCUT2D eigenvalue weighted by atomic mass is 10.1. The highest BCUT2D eigenvalue weighted by Crippen LogP contribution is 2.04. The third-order valence-corrected chi connectivity index (χ3v) is 3.88. The number of aliphatic hydroxyl groups is 2. The number of rotatable bonds is 13. The number of unbranched alkanes of at least 4 members (excludes halogenated alkanes) is 1. The minimum atomic E-state index is -1.42. The second kappa shape index (κ2) is 13.0. The standard InChI is InChI=1S/C16H31N5O7/c1-8(22)12(18)15(27)20-10(5-3-4-6-17)14(26)21-13(9(2)23)16(28)19-7-11(24)25/h8-10,12-13,22-23H,3-7,17-18H2,1-2H3,(H,19,28)(H,20,27)(H,21,26)(H,24,25). The third kappa shape index (κ3) is 9.60. The molecule has 0 saturated heterocycles. The van der Waals surface area contributed by atoms with E-state index in [2.05, 4.69) is 16.0 Å². The average molecular weight is 405 g/mol. The van der Waals surface area contributed by atoms with E-state index in [1.807, 2.05) is 0 Å². The molecule has 10 N–H and O–H groups in total. The van der Waals surface area contributed by atoms with E-state index in [1.165, 1.54) is 13.8 Å². The number of aliphatic hydroxyl groups excluding tert-OH is 2. The second-order valence-corrected chi connectivity index (χ2v) is 6.45.